The van der Waals surface area contributed by atoms with Gasteiger partial charge in [-0.1, -0.05) is 24.3 Å². The Kier molecular flexibility index (Phi) is 6.98. The zero-order chi connectivity index (χ0) is 20.0. The van der Waals surface area contributed by atoms with Crippen molar-refractivity contribution in [2.45, 2.75) is 32.2 Å². The van der Waals surface area contributed by atoms with E-state index in [0.717, 1.165) is 11.3 Å². The smallest absolute Gasteiger partial charge is 0.251 e. The number of hydrogen-bond donors (Lipinski definition) is 2. The van der Waals surface area contributed by atoms with Gasteiger partial charge in [0, 0.05) is 37.9 Å². The number of carbonyl (C=O) groups is 1. The van der Waals surface area contributed by atoms with E-state index in [2.05, 4.69) is 10.0 Å². The van der Waals surface area contributed by atoms with Crippen LogP contribution in [0.15, 0.2) is 48.5 Å². The Labute approximate surface area is 161 Å². The van der Waals surface area contributed by atoms with Crippen molar-refractivity contribution in [2.75, 3.05) is 19.0 Å². The fourth-order valence-electron chi connectivity index (χ4n) is 2.57. The van der Waals surface area contributed by atoms with E-state index in [1.165, 1.54) is 0 Å². The molecule has 0 saturated carbocycles. The predicted octanol–water partition coefficient (Wildman–Crippen LogP) is 2.51. The second-order valence-electron chi connectivity index (χ2n) is 6.97. The third-order valence-electron chi connectivity index (χ3n) is 3.89. The monoisotopic (exact) mass is 389 g/mol. The summed E-state index contributed by atoms with van der Waals surface area (Å²) in [5.74, 6) is -0.205. The average molecular weight is 390 g/mol. The van der Waals surface area contributed by atoms with Crippen molar-refractivity contribution in [3.05, 3.63) is 65.2 Å². The molecule has 2 N–H and O–H groups in total. The summed E-state index contributed by atoms with van der Waals surface area (Å²) in [6.45, 7) is 3.96. The van der Waals surface area contributed by atoms with Crippen molar-refractivity contribution >= 4 is 21.6 Å². The molecule has 1 amide bonds. The van der Waals surface area contributed by atoms with Gasteiger partial charge >= 0.3 is 0 Å². The molecule has 0 spiro atoms. The number of hydrogen-bond acceptors (Lipinski definition) is 4. The Morgan fingerprint density at radius 1 is 0.963 bits per heavy atom. The van der Waals surface area contributed by atoms with Gasteiger partial charge in [0.1, 0.15) is 0 Å². The molecule has 27 heavy (non-hydrogen) atoms. The van der Waals surface area contributed by atoms with Crippen LogP contribution in [0.25, 0.3) is 0 Å². The van der Waals surface area contributed by atoms with Crippen molar-refractivity contribution < 1.29 is 13.2 Å². The number of amides is 1. The summed E-state index contributed by atoms with van der Waals surface area (Å²) in [7, 11) is 0.553. The van der Waals surface area contributed by atoms with Gasteiger partial charge in [-0.25, -0.2) is 13.1 Å². The van der Waals surface area contributed by atoms with Gasteiger partial charge in [0.2, 0.25) is 10.0 Å². The lowest BCUT2D eigenvalue weighted by Crippen LogP contribution is -2.31. The molecule has 0 fully saturated rings. The van der Waals surface area contributed by atoms with Crippen LogP contribution in [0.3, 0.4) is 0 Å². The second kappa shape index (κ2) is 9.01. The van der Waals surface area contributed by atoms with E-state index in [0.29, 0.717) is 17.7 Å². The summed E-state index contributed by atoms with van der Waals surface area (Å²) in [5.41, 5.74) is 3.25. The molecule has 6 nitrogen and oxygen atoms in total. The SMILES string of the molecule is CC(C)NS(=O)(=O)Cc1ccc(CNC(=O)c2ccc(N(C)C)cc2)cc1. The highest BCUT2D eigenvalue weighted by Crippen LogP contribution is 2.13. The van der Waals surface area contributed by atoms with Gasteiger partial charge in [0.25, 0.3) is 5.91 Å². The molecule has 0 atom stereocenters. The maximum atomic E-state index is 12.2. The number of rotatable bonds is 8. The first kappa shape index (κ1) is 20.9. The maximum absolute atomic E-state index is 12.2. The first-order valence-electron chi connectivity index (χ1n) is 8.80. The summed E-state index contributed by atoms with van der Waals surface area (Å²) >= 11 is 0. The number of carbonyl (C=O) groups excluding carboxylic acids is 1. The molecule has 0 aromatic heterocycles. The second-order valence-corrected chi connectivity index (χ2v) is 8.73. The van der Waals surface area contributed by atoms with Gasteiger partial charge in [0.15, 0.2) is 0 Å². The van der Waals surface area contributed by atoms with Crippen LogP contribution in [0.2, 0.25) is 0 Å². The van der Waals surface area contributed by atoms with Gasteiger partial charge in [-0.3, -0.25) is 4.79 Å². The molecule has 2 aromatic rings. The fraction of sp³-hybridized carbons (Fsp3) is 0.350. The van der Waals surface area contributed by atoms with Crippen LogP contribution in [-0.2, 0) is 22.3 Å². The molecule has 2 aromatic carbocycles. The first-order valence-corrected chi connectivity index (χ1v) is 10.4. The predicted molar refractivity (Wildman–Crippen MR) is 109 cm³/mol. The maximum Gasteiger partial charge on any atom is 0.251 e. The Morgan fingerprint density at radius 2 is 1.52 bits per heavy atom. The van der Waals surface area contributed by atoms with Crippen LogP contribution in [-0.4, -0.2) is 34.5 Å². The lowest BCUT2D eigenvalue weighted by Gasteiger charge is -2.13. The molecular formula is C20H27N3O3S. The van der Waals surface area contributed by atoms with Crippen molar-refractivity contribution in [1.82, 2.24) is 10.0 Å². The number of nitrogens with zero attached hydrogens (tertiary/aromatic N) is 1. The van der Waals surface area contributed by atoms with E-state index in [-0.39, 0.29) is 17.7 Å². The zero-order valence-corrected chi connectivity index (χ0v) is 17.0. The summed E-state index contributed by atoms with van der Waals surface area (Å²) in [6, 6.07) is 14.5. The van der Waals surface area contributed by atoms with Gasteiger partial charge in [-0.15, -0.1) is 0 Å². The Morgan fingerprint density at radius 3 is 2.04 bits per heavy atom. The molecular weight excluding hydrogens is 362 g/mol. The minimum absolute atomic E-state index is 0.0595. The summed E-state index contributed by atoms with van der Waals surface area (Å²) < 4.78 is 26.5. The molecule has 2 rings (SSSR count). The lowest BCUT2D eigenvalue weighted by molar-refractivity contribution is 0.0951. The van der Waals surface area contributed by atoms with Crippen LogP contribution < -0.4 is 14.9 Å². The highest BCUT2D eigenvalue weighted by atomic mass is 32.2. The molecule has 0 aliphatic carbocycles. The van der Waals surface area contributed by atoms with Crippen molar-refractivity contribution in [3.63, 3.8) is 0 Å². The van der Waals surface area contributed by atoms with E-state index in [9.17, 15) is 13.2 Å². The molecule has 0 aliphatic heterocycles. The number of anilines is 1. The molecule has 0 saturated heterocycles. The molecule has 0 heterocycles. The van der Waals surface area contributed by atoms with Crippen molar-refractivity contribution in [2.24, 2.45) is 0 Å². The first-order chi connectivity index (χ1) is 12.7. The Hall–Kier alpha value is -2.38. The van der Waals surface area contributed by atoms with E-state index in [4.69, 9.17) is 0 Å². The van der Waals surface area contributed by atoms with E-state index in [1.54, 1.807) is 38.1 Å². The van der Waals surface area contributed by atoms with Crippen molar-refractivity contribution in [3.8, 4) is 0 Å². The number of sulfonamides is 1. The number of benzene rings is 2. The number of nitrogens with one attached hydrogen (secondary N) is 2. The normalized spacial score (nSPS) is 11.4. The molecule has 0 bridgehead atoms. The van der Waals surface area contributed by atoms with Gasteiger partial charge in [0.05, 0.1) is 5.75 Å². The topological polar surface area (TPSA) is 78.5 Å². The molecule has 0 radical (unpaired) electrons. The third kappa shape index (κ3) is 6.69. The van der Waals surface area contributed by atoms with Crippen LogP contribution in [0, 0.1) is 0 Å². The third-order valence-corrected chi connectivity index (χ3v) is 5.44. The van der Waals surface area contributed by atoms with Gasteiger partial charge in [-0.05, 0) is 49.2 Å². The highest BCUT2D eigenvalue weighted by molar-refractivity contribution is 7.88. The summed E-state index contributed by atoms with van der Waals surface area (Å²) in [6.07, 6.45) is 0. The van der Waals surface area contributed by atoms with Crippen molar-refractivity contribution in [1.29, 1.82) is 0 Å². The molecule has 7 heteroatoms. The van der Waals surface area contributed by atoms with Crippen LogP contribution in [0.5, 0.6) is 0 Å². The van der Waals surface area contributed by atoms with Gasteiger partial charge in [-0.2, -0.15) is 0 Å². The fourth-order valence-corrected chi connectivity index (χ4v) is 4.00. The van der Waals surface area contributed by atoms with Crippen LogP contribution >= 0.6 is 0 Å². The van der Waals surface area contributed by atoms with Crippen LogP contribution in [0.1, 0.15) is 35.3 Å². The minimum Gasteiger partial charge on any atom is -0.378 e. The van der Waals surface area contributed by atoms with E-state index in [1.807, 2.05) is 43.3 Å². The summed E-state index contributed by atoms with van der Waals surface area (Å²) in [5, 5.41) is 2.87. The van der Waals surface area contributed by atoms with E-state index < -0.39 is 10.0 Å². The summed E-state index contributed by atoms with van der Waals surface area (Å²) in [4.78, 5) is 14.2. The largest absolute Gasteiger partial charge is 0.378 e. The van der Waals surface area contributed by atoms with Crippen LogP contribution in [0.4, 0.5) is 5.69 Å². The minimum atomic E-state index is -3.34. The van der Waals surface area contributed by atoms with Gasteiger partial charge < -0.3 is 10.2 Å². The zero-order valence-electron chi connectivity index (χ0n) is 16.2. The quantitative estimate of drug-likeness (QED) is 0.727. The molecule has 0 aliphatic rings. The van der Waals surface area contributed by atoms with E-state index >= 15 is 0 Å². The standard InChI is InChI=1S/C20H27N3O3S/c1-15(2)22-27(25,26)14-17-7-5-16(6-8-17)13-21-20(24)18-9-11-19(12-10-18)23(3)4/h5-12,15,22H,13-14H2,1-4H3,(H,21,24). The highest BCUT2D eigenvalue weighted by Gasteiger charge is 2.13. The Bertz CT molecular complexity index is 858. The molecule has 0 unspecified atom stereocenters. The Balaban J connectivity index is 1.92. The molecule has 146 valence electrons. The average Bonchev–Trinajstić information content (AvgIpc) is 2.59. The lowest BCUT2D eigenvalue weighted by atomic mass is 10.1.